The molecule has 0 aliphatic carbocycles. The van der Waals surface area contributed by atoms with Gasteiger partial charge < -0.3 is 14.2 Å². The van der Waals surface area contributed by atoms with Crippen LogP contribution in [0.3, 0.4) is 0 Å². The van der Waals surface area contributed by atoms with Crippen molar-refractivity contribution in [3.05, 3.63) is 63.6 Å². The maximum atomic E-state index is 12.4. The fourth-order valence-corrected chi connectivity index (χ4v) is 2.98. The summed E-state index contributed by atoms with van der Waals surface area (Å²) in [6.07, 6.45) is -2.22. The van der Waals surface area contributed by atoms with Crippen molar-refractivity contribution < 1.29 is 37.0 Å². The number of rotatable bonds is 7. The van der Waals surface area contributed by atoms with Gasteiger partial charge in [-0.15, -0.1) is 13.2 Å². The molecular weight excluding hydrogens is 496 g/mol. The van der Waals surface area contributed by atoms with Gasteiger partial charge in [-0.2, -0.15) is 0 Å². The Labute approximate surface area is 205 Å². The predicted molar refractivity (Wildman–Crippen MR) is 124 cm³/mol. The number of carbonyl (C=O) groups excluding carboxylic acids is 2. The van der Waals surface area contributed by atoms with Gasteiger partial charge in [-0.3, -0.25) is 4.79 Å². The average molecular weight is 519 g/mol. The van der Waals surface area contributed by atoms with E-state index in [0.717, 1.165) is 12.1 Å². The molecule has 0 heterocycles. The first-order chi connectivity index (χ1) is 15.5. The Morgan fingerprint density at radius 1 is 0.853 bits per heavy atom. The molecule has 0 aromatic heterocycles. The number of benzene rings is 2. The highest BCUT2D eigenvalue weighted by Gasteiger charge is 2.35. The molecule has 184 valence electrons. The Morgan fingerprint density at radius 3 is 1.97 bits per heavy atom. The number of carbonyl (C=O) groups is 2. The van der Waals surface area contributed by atoms with Gasteiger partial charge in [0.15, 0.2) is 11.4 Å². The number of esters is 1. The number of ether oxygens (including phenoxy) is 3. The molecule has 2 aromatic carbocycles. The second-order valence-electron chi connectivity index (χ2n) is 8.66. The van der Waals surface area contributed by atoms with Crippen LogP contribution in [0.1, 0.15) is 50.5 Å². The largest absolute Gasteiger partial charge is 0.573 e. The fourth-order valence-electron chi connectivity index (χ4n) is 2.55. The normalized spacial score (nSPS) is 12.5. The summed E-state index contributed by atoms with van der Waals surface area (Å²) < 4.78 is 51.6. The minimum absolute atomic E-state index is 0.0292. The fraction of sp³-hybridized carbons (Fsp3) is 0.333. The summed E-state index contributed by atoms with van der Waals surface area (Å²) >= 11 is 12.6. The van der Waals surface area contributed by atoms with Crippen LogP contribution < -0.4 is 9.47 Å². The van der Waals surface area contributed by atoms with E-state index >= 15 is 0 Å². The lowest BCUT2D eigenvalue weighted by atomic mass is 10.1. The van der Waals surface area contributed by atoms with E-state index in [9.17, 15) is 22.8 Å². The van der Waals surface area contributed by atoms with E-state index in [4.69, 9.17) is 32.7 Å². The third-order valence-electron chi connectivity index (χ3n) is 4.12. The quantitative estimate of drug-likeness (QED) is 0.219. The maximum Gasteiger partial charge on any atom is 0.573 e. The molecule has 0 spiro atoms. The Kier molecular flexibility index (Phi) is 8.32. The van der Waals surface area contributed by atoms with Crippen LogP contribution in [0.15, 0.2) is 42.5 Å². The number of alkyl halides is 3. The first-order valence-corrected chi connectivity index (χ1v) is 10.7. The van der Waals surface area contributed by atoms with Gasteiger partial charge in [-0.05, 0) is 88.7 Å². The van der Waals surface area contributed by atoms with Crippen molar-refractivity contribution in [1.29, 1.82) is 0 Å². The summed E-state index contributed by atoms with van der Waals surface area (Å²) in [6, 6.07) is 7.52. The van der Waals surface area contributed by atoms with Gasteiger partial charge in [0.1, 0.15) is 22.1 Å². The molecule has 0 fully saturated rings. The molecule has 34 heavy (non-hydrogen) atoms. The third kappa shape index (κ3) is 7.95. The van der Waals surface area contributed by atoms with Crippen LogP contribution >= 0.6 is 23.2 Å². The third-order valence-corrected chi connectivity index (χ3v) is 5.00. The second-order valence-corrected chi connectivity index (χ2v) is 9.42. The van der Waals surface area contributed by atoms with E-state index in [-0.39, 0.29) is 21.4 Å². The van der Waals surface area contributed by atoms with Crippen molar-refractivity contribution in [2.24, 2.45) is 0 Å². The predicted octanol–water partition coefficient (Wildman–Crippen LogP) is 7.29. The molecule has 0 saturated carbocycles. The van der Waals surface area contributed by atoms with Crippen LogP contribution in [-0.4, -0.2) is 29.3 Å². The molecule has 0 radical (unpaired) electrons. The van der Waals surface area contributed by atoms with E-state index in [1.54, 1.807) is 26.8 Å². The molecule has 0 N–H and O–H groups in total. The molecule has 0 bridgehead atoms. The van der Waals surface area contributed by atoms with Crippen LogP contribution in [0.5, 0.6) is 11.5 Å². The zero-order valence-electron chi connectivity index (χ0n) is 19.0. The van der Waals surface area contributed by atoms with Crippen molar-refractivity contribution in [3.63, 3.8) is 0 Å². The van der Waals surface area contributed by atoms with Gasteiger partial charge in [-0.1, -0.05) is 23.2 Å². The summed E-state index contributed by atoms with van der Waals surface area (Å²) in [5.74, 6) is -1.36. The molecule has 2 aromatic rings. The molecule has 0 atom stereocenters. The molecule has 0 unspecified atom stereocenters. The standard InChI is InChI=1S/C24H23Cl2F3O5/c1-22(2,3)34-21(31)23(4,5)33-18-13-9-15(19(25)20(18)26)8-12-17(30)14-6-10-16(11-7-14)32-24(27,28)29/h6-13H,1-5H3/b12-8+. The highest BCUT2D eigenvalue weighted by Crippen LogP contribution is 2.37. The molecule has 0 saturated heterocycles. The number of ketones is 1. The molecule has 0 aliphatic heterocycles. The topological polar surface area (TPSA) is 61.8 Å². The summed E-state index contributed by atoms with van der Waals surface area (Å²) in [5, 5.41) is 0.110. The summed E-state index contributed by atoms with van der Waals surface area (Å²) in [7, 11) is 0. The van der Waals surface area contributed by atoms with Gasteiger partial charge in [0.2, 0.25) is 0 Å². The van der Waals surface area contributed by atoms with Gasteiger partial charge in [-0.25, -0.2) is 4.79 Å². The zero-order valence-corrected chi connectivity index (χ0v) is 20.6. The SMILES string of the molecule is CC(C)(C)OC(=O)C(C)(C)Oc1ccc(/C=C/C(=O)c2ccc(OC(F)(F)F)cc2)c(Cl)c1Cl. The number of hydrogen-bond donors (Lipinski definition) is 0. The number of hydrogen-bond acceptors (Lipinski definition) is 5. The molecular formula is C24H23Cl2F3O5. The monoisotopic (exact) mass is 518 g/mol. The molecule has 0 aliphatic rings. The van der Waals surface area contributed by atoms with E-state index in [0.29, 0.717) is 5.56 Å². The Hall–Kier alpha value is -2.71. The molecule has 0 amide bonds. The summed E-state index contributed by atoms with van der Waals surface area (Å²) in [5.41, 5.74) is -1.52. The minimum atomic E-state index is -4.82. The van der Waals surface area contributed by atoms with E-state index < -0.39 is 35.1 Å². The van der Waals surface area contributed by atoms with E-state index in [1.807, 2.05) is 0 Å². The van der Waals surface area contributed by atoms with Gasteiger partial charge in [0.25, 0.3) is 0 Å². The summed E-state index contributed by atoms with van der Waals surface area (Å²) in [6.45, 7) is 8.26. The molecule has 5 nitrogen and oxygen atoms in total. The van der Waals surface area contributed by atoms with Crippen molar-refractivity contribution in [1.82, 2.24) is 0 Å². The van der Waals surface area contributed by atoms with E-state index in [2.05, 4.69) is 4.74 Å². The van der Waals surface area contributed by atoms with Gasteiger partial charge in [0.05, 0.1) is 5.02 Å². The lowest BCUT2D eigenvalue weighted by Gasteiger charge is -2.29. The Bertz CT molecular complexity index is 1090. The van der Waals surface area contributed by atoms with Crippen LogP contribution in [0, 0.1) is 0 Å². The lowest BCUT2D eigenvalue weighted by molar-refractivity contribution is -0.274. The average Bonchev–Trinajstić information content (AvgIpc) is 2.68. The van der Waals surface area contributed by atoms with Crippen LogP contribution in [0.25, 0.3) is 6.08 Å². The van der Waals surface area contributed by atoms with Gasteiger partial charge >= 0.3 is 12.3 Å². The lowest BCUT2D eigenvalue weighted by Crippen LogP contribution is -2.43. The maximum absolute atomic E-state index is 12.4. The van der Waals surface area contributed by atoms with Crippen molar-refractivity contribution >= 4 is 41.0 Å². The smallest absolute Gasteiger partial charge is 0.475 e. The van der Waals surface area contributed by atoms with Crippen molar-refractivity contribution in [2.75, 3.05) is 0 Å². The Morgan fingerprint density at radius 2 is 1.44 bits per heavy atom. The van der Waals surface area contributed by atoms with Crippen LogP contribution in [-0.2, 0) is 9.53 Å². The first kappa shape index (κ1) is 27.5. The second kappa shape index (κ2) is 10.3. The molecule has 2 rings (SSSR count). The van der Waals surface area contributed by atoms with E-state index in [1.165, 1.54) is 44.2 Å². The van der Waals surface area contributed by atoms with Crippen molar-refractivity contribution in [3.8, 4) is 11.5 Å². The van der Waals surface area contributed by atoms with Crippen LogP contribution in [0.4, 0.5) is 13.2 Å². The van der Waals surface area contributed by atoms with Gasteiger partial charge in [0, 0.05) is 5.56 Å². The minimum Gasteiger partial charge on any atom is -0.475 e. The first-order valence-electron chi connectivity index (χ1n) is 9.97. The highest BCUT2D eigenvalue weighted by molar-refractivity contribution is 6.43. The molecule has 10 heteroatoms. The number of halogens is 5. The summed E-state index contributed by atoms with van der Waals surface area (Å²) in [4.78, 5) is 24.8. The number of allylic oxidation sites excluding steroid dienone is 1. The van der Waals surface area contributed by atoms with Crippen molar-refractivity contribution in [2.45, 2.75) is 52.2 Å². The highest BCUT2D eigenvalue weighted by atomic mass is 35.5. The zero-order chi connectivity index (χ0) is 25.9. The van der Waals surface area contributed by atoms with Crippen LogP contribution in [0.2, 0.25) is 10.0 Å². The Balaban J connectivity index is 2.15.